The molecule has 5 heteroatoms. The van der Waals surface area contributed by atoms with Gasteiger partial charge in [0.2, 0.25) is 5.75 Å². The summed E-state index contributed by atoms with van der Waals surface area (Å²) in [6.07, 6.45) is 0. The van der Waals surface area contributed by atoms with Gasteiger partial charge in [-0.05, 0) is 24.3 Å². The molecule has 2 N–H and O–H groups in total. The molecule has 0 saturated carbocycles. The Morgan fingerprint density at radius 1 is 1.06 bits per heavy atom. The summed E-state index contributed by atoms with van der Waals surface area (Å²) >= 11 is 5.84. The second-order valence-electron chi connectivity index (χ2n) is 3.49. The van der Waals surface area contributed by atoms with Crippen LogP contribution >= 0.6 is 11.6 Å². The molecule has 0 unspecified atom stereocenters. The average molecular weight is 265 g/mol. The maximum Gasteiger partial charge on any atom is 0.345 e. The number of esters is 1. The highest BCUT2D eigenvalue weighted by Gasteiger charge is 2.15. The predicted octanol–water partition coefficient (Wildman–Crippen LogP) is 2.97. The van der Waals surface area contributed by atoms with Crippen LogP contribution in [0.25, 0.3) is 0 Å². The maximum absolute atomic E-state index is 11.8. The van der Waals surface area contributed by atoms with Crippen LogP contribution in [-0.4, -0.2) is 16.2 Å². The third kappa shape index (κ3) is 2.38. The zero-order chi connectivity index (χ0) is 13.1. The van der Waals surface area contributed by atoms with Crippen LogP contribution in [0.1, 0.15) is 10.4 Å². The van der Waals surface area contributed by atoms with Crippen LogP contribution < -0.4 is 4.74 Å². The molecule has 0 heterocycles. The molecule has 0 amide bonds. The number of halogens is 1. The summed E-state index contributed by atoms with van der Waals surface area (Å²) in [5, 5.41) is 19.0. The number of ether oxygens (including phenoxy) is 1. The van der Waals surface area contributed by atoms with Gasteiger partial charge in [-0.25, -0.2) is 4.79 Å². The van der Waals surface area contributed by atoms with Gasteiger partial charge in [-0.1, -0.05) is 29.8 Å². The van der Waals surface area contributed by atoms with Crippen LogP contribution in [0, 0.1) is 0 Å². The number of phenols is 2. The normalized spacial score (nSPS) is 10.1. The lowest BCUT2D eigenvalue weighted by Crippen LogP contribution is -2.09. The van der Waals surface area contributed by atoms with Gasteiger partial charge in [-0.3, -0.25) is 0 Å². The molecule has 0 bridgehead atoms. The Morgan fingerprint density at radius 2 is 1.78 bits per heavy atom. The molecule has 0 aliphatic carbocycles. The number of rotatable bonds is 2. The van der Waals surface area contributed by atoms with Crippen molar-refractivity contribution in [1.82, 2.24) is 0 Å². The van der Waals surface area contributed by atoms with Crippen molar-refractivity contribution < 1.29 is 19.7 Å². The Morgan fingerprint density at radius 3 is 2.50 bits per heavy atom. The summed E-state index contributed by atoms with van der Waals surface area (Å²) < 4.78 is 4.96. The van der Waals surface area contributed by atoms with E-state index >= 15 is 0 Å². The van der Waals surface area contributed by atoms with E-state index in [-0.39, 0.29) is 22.1 Å². The van der Waals surface area contributed by atoms with Gasteiger partial charge in [0.15, 0.2) is 11.5 Å². The van der Waals surface area contributed by atoms with Crippen LogP contribution in [0.3, 0.4) is 0 Å². The number of para-hydroxylation sites is 1. The molecule has 2 rings (SSSR count). The Hall–Kier alpha value is -2.20. The van der Waals surface area contributed by atoms with Crippen molar-refractivity contribution in [3.63, 3.8) is 0 Å². The van der Waals surface area contributed by atoms with Crippen LogP contribution in [0.15, 0.2) is 42.5 Å². The highest BCUT2D eigenvalue weighted by molar-refractivity contribution is 6.33. The fraction of sp³-hybridized carbons (Fsp3) is 0. The molecule has 2 aromatic rings. The molecule has 0 fully saturated rings. The van der Waals surface area contributed by atoms with E-state index in [1.807, 2.05) is 0 Å². The third-order valence-electron chi connectivity index (χ3n) is 2.27. The fourth-order valence-corrected chi connectivity index (χ4v) is 1.59. The lowest BCUT2D eigenvalue weighted by Gasteiger charge is -2.07. The number of hydrogen-bond donors (Lipinski definition) is 2. The zero-order valence-electron chi connectivity index (χ0n) is 9.13. The van der Waals surface area contributed by atoms with Crippen LogP contribution in [0.4, 0.5) is 0 Å². The quantitative estimate of drug-likeness (QED) is 0.497. The largest absolute Gasteiger partial charge is 0.504 e. The minimum atomic E-state index is -0.707. The summed E-state index contributed by atoms with van der Waals surface area (Å²) in [4.78, 5) is 11.8. The first-order chi connectivity index (χ1) is 8.59. The van der Waals surface area contributed by atoms with E-state index in [9.17, 15) is 15.0 Å². The van der Waals surface area contributed by atoms with Gasteiger partial charge in [0, 0.05) is 0 Å². The van der Waals surface area contributed by atoms with Crippen LogP contribution in [0.5, 0.6) is 17.2 Å². The Labute approximate surface area is 108 Å². The molecule has 18 heavy (non-hydrogen) atoms. The Kier molecular flexibility index (Phi) is 3.39. The van der Waals surface area contributed by atoms with E-state index in [1.54, 1.807) is 18.2 Å². The van der Waals surface area contributed by atoms with Gasteiger partial charge < -0.3 is 14.9 Å². The van der Waals surface area contributed by atoms with E-state index in [0.29, 0.717) is 0 Å². The summed E-state index contributed by atoms with van der Waals surface area (Å²) in [5.74, 6) is -1.68. The second-order valence-corrected chi connectivity index (χ2v) is 3.90. The molecule has 0 spiro atoms. The number of hydrogen-bond acceptors (Lipinski definition) is 4. The number of aromatic hydroxyl groups is 2. The van der Waals surface area contributed by atoms with Crippen LogP contribution in [-0.2, 0) is 0 Å². The molecule has 4 nitrogen and oxygen atoms in total. The van der Waals surface area contributed by atoms with Crippen molar-refractivity contribution >= 4 is 17.6 Å². The summed E-state index contributed by atoms with van der Waals surface area (Å²) in [7, 11) is 0. The van der Waals surface area contributed by atoms with E-state index < -0.39 is 11.7 Å². The molecular formula is C13H9ClO4. The van der Waals surface area contributed by atoms with Gasteiger partial charge in [0.05, 0.1) is 10.6 Å². The molecule has 92 valence electrons. The van der Waals surface area contributed by atoms with Crippen molar-refractivity contribution in [1.29, 1.82) is 0 Å². The number of phenolic OH excluding ortho intramolecular Hbond substituents is 2. The third-order valence-corrected chi connectivity index (χ3v) is 2.60. The fourth-order valence-electron chi connectivity index (χ4n) is 1.37. The van der Waals surface area contributed by atoms with E-state index in [2.05, 4.69) is 0 Å². The molecule has 0 aliphatic heterocycles. The van der Waals surface area contributed by atoms with E-state index in [4.69, 9.17) is 16.3 Å². The highest BCUT2D eigenvalue weighted by Crippen LogP contribution is 2.35. The molecule has 0 atom stereocenters. The minimum Gasteiger partial charge on any atom is -0.504 e. The van der Waals surface area contributed by atoms with Crippen LogP contribution in [0.2, 0.25) is 5.02 Å². The Balaban J connectivity index is 2.27. The lowest BCUT2D eigenvalue weighted by molar-refractivity contribution is 0.0729. The van der Waals surface area contributed by atoms with Crippen molar-refractivity contribution in [3.05, 3.63) is 53.1 Å². The average Bonchev–Trinajstić information content (AvgIpc) is 2.35. The first-order valence-corrected chi connectivity index (χ1v) is 5.45. The standard InChI is InChI=1S/C13H9ClO4/c14-9-5-2-1-4-8(9)13(17)18-11-7-3-6-10(15)12(11)16/h1-7,15-16H. The molecular weight excluding hydrogens is 256 g/mol. The maximum atomic E-state index is 11.8. The zero-order valence-corrected chi connectivity index (χ0v) is 9.89. The summed E-state index contributed by atoms with van der Waals surface area (Å²) in [6, 6.07) is 10.5. The SMILES string of the molecule is O=C(Oc1cccc(O)c1O)c1ccccc1Cl. The van der Waals surface area contributed by atoms with Gasteiger partial charge in [-0.15, -0.1) is 0 Å². The van der Waals surface area contributed by atoms with Gasteiger partial charge in [-0.2, -0.15) is 0 Å². The number of carbonyl (C=O) groups is 1. The molecule has 0 radical (unpaired) electrons. The molecule has 2 aromatic carbocycles. The van der Waals surface area contributed by atoms with Gasteiger partial charge in [0.1, 0.15) is 0 Å². The van der Waals surface area contributed by atoms with E-state index in [0.717, 1.165) is 0 Å². The minimum absolute atomic E-state index is 0.125. The number of benzene rings is 2. The van der Waals surface area contributed by atoms with Crippen molar-refractivity contribution in [2.75, 3.05) is 0 Å². The van der Waals surface area contributed by atoms with Gasteiger partial charge >= 0.3 is 5.97 Å². The lowest BCUT2D eigenvalue weighted by atomic mass is 10.2. The molecule has 0 aliphatic rings. The first kappa shape index (κ1) is 12.3. The predicted molar refractivity (Wildman–Crippen MR) is 66.2 cm³/mol. The number of carbonyl (C=O) groups excluding carboxylic acids is 1. The molecule has 0 saturated heterocycles. The van der Waals surface area contributed by atoms with Crippen molar-refractivity contribution in [2.45, 2.75) is 0 Å². The van der Waals surface area contributed by atoms with Gasteiger partial charge in [0.25, 0.3) is 0 Å². The van der Waals surface area contributed by atoms with Crippen molar-refractivity contribution in [2.24, 2.45) is 0 Å². The monoisotopic (exact) mass is 264 g/mol. The first-order valence-electron chi connectivity index (χ1n) is 5.07. The summed E-state index contributed by atoms with van der Waals surface area (Å²) in [5.41, 5.74) is 0.182. The van der Waals surface area contributed by atoms with Crippen molar-refractivity contribution in [3.8, 4) is 17.2 Å². The highest BCUT2D eigenvalue weighted by atomic mass is 35.5. The Bertz CT molecular complexity index is 595. The summed E-state index contributed by atoms with van der Waals surface area (Å²) in [6.45, 7) is 0. The smallest absolute Gasteiger partial charge is 0.345 e. The topological polar surface area (TPSA) is 66.8 Å². The second kappa shape index (κ2) is 4.98. The van der Waals surface area contributed by atoms with E-state index in [1.165, 1.54) is 24.3 Å². The molecule has 0 aromatic heterocycles.